The molecule has 3 aliphatic heterocycles. The molecule has 0 spiro atoms. The fraction of sp³-hybridized carbons (Fsp3) is 0.654. The van der Waals surface area contributed by atoms with Crippen molar-refractivity contribution in [1.29, 1.82) is 0 Å². The average Bonchev–Trinajstić information content (AvgIpc) is 3.59. The first kappa shape index (κ1) is 23.1. The molecule has 2 aromatic rings. The maximum Gasteiger partial charge on any atom is 0.289 e. The van der Waals surface area contributed by atoms with Crippen LogP contribution in [0.5, 0.6) is 0 Å². The summed E-state index contributed by atoms with van der Waals surface area (Å²) in [6.07, 6.45) is 6.53. The van der Waals surface area contributed by atoms with E-state index in [-0.39, 0.29) is 5.91 Å². The summed E-state index contributed by atoms with van der Waals surface area (Å²) in [6, 6.07) is 4.04. The van der Waals surface area contributed by atoms with Gasteiger partial charge < -0.3 is 24.1 Å². The molecule has 2 aromatic heterocycles. The molecular weight excluding hydrogens is 432 g/mol. The molecule has 0 aliphatic carbocycles. The minimum Gasteiger partial charge on any atom is -0.456 e. The van der Waals surface area contributed by atoms with Crippen molar-refractivity contribution in [1.82, 2.24) is 20.3 Å². The minimum atomic E-state index is -0.0235. The number of carbonyl (C=O) groups is 2. The Bertz CT molecular complexity index is 1000. The summed E-state index contributed by atoms with van der Waals surface area (Å²) in [5.41, 5.74) is 1.87. The predicted molar refractivity (Wildman–Crippen MR) is 126 cm³/mol. The van der Waals surface area contributed by atoms with Crippen molar-refractivity contribution in [2.75, 3.05) is 32.7 Å². The maximum absolute atomic E-state index is 13.3. The van der Waals surface area contributed by atoms with Crippen LogP contribution in [0.1, 0.15) is 71.9 Å². The summed E-state index contributed by atoms with van der Waals surface area (Å²) >= 11 is 0. The van der Waals surface area contributed by atoms with Gasteiger partial charge in [0.1, 0.15) is 11.5 Å². The molecule has 0 radical (unpaired) electrons. The number of furan rings is 1. The Hall–Kier alpha value is -2.61. The van der Waals surface area contributed by atoms with Crippen molar-refractivity contribution >= 4 is 11.8 Å². The molecule has 2 bridgehead atoms. The topological polar surface area (TPSA) is 91.8 Å². The summed E-state index contributed by atoms with van der Waals surface area (Å²) in [4.78, 5) is 29.6. The lowest BCUT2D eigenvalue weighted by Crippen LogP contribution is -2.57. The number of hydrogen-bond acceptors (Lipinski definition) is 6. The van der Waals surface area contributed by atoms with Crippen LogP contribution < -0.4 is 5.32 Å². The lowest BCUT2D eigenvalue weighted by Gasteiger charge is -2.45. The van der Waals surface area contributed by atoms with Crippen LogP contribution in [-0.2, 0) is 11.2 Å². The van der Waals surface area contributed by atoms with Crippen molar-refractivity contribution in [2.45, 2.75) is 64.8 Å². The van der Waals surface area contributed by atoms with Gasteiger partial charge in [0.15, 0.2) is 5.76 Å². The fourth-order valence-corrected chi connectivity index (χ4v) is 5.94. The first-order valence-corrected chi connectivity index (χ1v) is 12.8. The normalized spacial score (nSPS) is 24.6. The second kappa shape index (κ2) is 9.94. The molecule has 2 amide bonds. The van der Waals surface area contributed by atoms with Crippen LogP contribution >= 0.6 is 0 Å². The number of hydrogen-bond donors (Lipinski definition) is 1. The number of carbonyl (C=O) groups excluding carboxylic acids is 2. The van der Waals surface area contributed by atoms with Gasteiger partial charge in [-0.25, -0.2) is 0 Å². The quantitative estimate of drug-likeness (QED) is 0.670. The Labute approximate surface area is 201 Å². The molecule has 8 heteroatoms. The van der Waals surface area contributed by atoms with Crippen molar-refractivity contribution in [3.63, 3.8) is 0 Å². The van der Waals surface area contributed by atoms with Crippen LogP contribution in [0.15, 0.2) is 21.1 Å². The van der Waals surface area contributed by atoms with E-state index in [2.05, 4.69) is 10.5 Å². The number of nitrogens with one attached hydrogen (secondary N) is 1. The molecule has 5 rings (SSSR count). The van der Waals surface area contributed by atoms with Crippen molar-refractivity contribution < 1.29 is 18.5 Å². The summed E-state index contributed by atoms with van der Waals surface area (Å²) < 4.78 is 11.2. The number of aryl methyl sites for hydroxylation is 2. The van der Waals surface area contributed by atoms with Gasteiger partial charge in [-0.05, 0) is 76.5 Å². The highest BCUT2D eigenvalue weighted by Crippen LogP contribution is 2.31. The van der Waals surface area contributed by atoms with E-state index in [0.29, 0.717) is 42.4 Å². The van der Waals surface area contributed by atoms with Crippen molar-refractivity contribution in [2.24, 2.45) is 11.8 Å². The molecule has 3 atom stereocenters. The smallest absolute Gasteiger partial charge is 0.289 e. The van der Waals surface area contributed by atoms with Gasteiger partial charge >= 0.3 is 0 Å². The van der Waals surface area contributed by atoms with Crippen LogP contribution in [0.25, 0.3) is 0 Å². The summed E-state index contributed by atoms with van der Waals surface area (Å²) in [5, 5.41) is 7.70. The standard InChI is InChI=1S/C26H36N4O4/c1-17-22(18(2)34-28-17)13-21-8-9-24(33-21)26(32)30-15-19-12-20(16-30)23(27-14-19)6-5-7-25(31)29-10-3-4-11-29/h8-9,19-20,23,27H,3-7,10-16H2,1-2H3/t19?,20?,23-/m1/s1. The number of amides is 2. The molecular formula is C26H36N4O4. The summed E-state index contributed by atoms with van der Waals surface area (Å²) in [5.74, 6) is 3.12. The van der Waals surface area contributed by atoms with E-state index in [4.69, 9.17) is 8.94 Å². The number of fused-ring (bicyclic) bond motifs is 2. The number of aromatic nitrogens is 1. The third kappa shape index (κ3) is 4.92. The lowest BCUT2D eigenvalue weighted by molar-refractivity contribution is -0.130. The zero-order valence-electron chi connectivity index (χ0n) is 20.3. The van der Waals surface area contributed by atoms with Crippen LogP contribution in [-0.4, -0.2) is 65.5 Å². The van der Waals surface area contributed by atoms with Crippen LogP contribution in [0.4, 0.5) is 0 Å². The van der Waals surface area contributed by atoms with E-state index >= 15 is 0 Å². The highest BCUT2D eigenvalue weighted by atomic mass is 16.5. The van der Waals surface area contributed by atoms with E-state index in [1.807, 2.05) is 29.7 Å². The van der Waals surface area contributed by atoms with E-state index in [0.717, 1.165) is 87.6 Å². The molecule has 34 heavy (non-hydrogen) atoms. The van der Waals surface area contributed by atoms with Gasteiger partial charge in [-0.15, -0.1) is 0 Å². The second-order valence-electron chi connectivity index (χ2n) is 10.3. The number of rotatable bonds is 7. The molecule has 184 valence electrons. The highest BCUT2D eigenvalue weighted by molar-refractivity contribution is 5.91. The monoisotopic (exact) mass is 468 g/mol. The first-order valence-electron chi connectivity index (χ1n) is 12.8. The zero-order valence-corrected chi connectivity index (χ0v) is 20.3. The van der Waals surface area contributed by atoms with Gasteiger partial charge in [-0.1, -0.05) is 5.16 Å². The minimum absolute atomic E-state index is 0.0235. The summed E-state index contributed by atoms with van der Waals surface area (Å²) in [6.45, 7) is 8.10. The van der Waals surface area contributed by atoms with Gasteiger partial charge in [-0.3, -0.25) is 9.59 Å². The molecule has 3 saturated heterocycles. The number of piperidine rings is 2. The van der Waals surface area contributed by atoms with Gasteiger partial charge in [0.05, 0.1) is 5.69 Å². The predicted octanol–water partition coefficient (Wildman–Crippen LogP) is 3.32. The Morgan fingerprint density at radius 3 is 2.74 bits per heavy atom. The van der Waals surface area contributed by atoms with Crippen LogP contribution in [0, 0.1) is 25.7 Å². The van der Waals surface area contributed by atoms with E-state index < -0.39 is 0 Å². The highest BCUT2D eigenvalue weighted by Gasteiger charge is 2.38. The van der Waals surface area contributed by atoms with Gasteiger partial charge in [0.2, 0.25) is 5.91 Å². The third-order valence-corrected chi connectivity index (χ3v) is 7.86. The van der Waals surface area contributed by atoms with Crippen molar-refractivity contribution in [3.05, 3.63) is 40.7 Å². The largest absolute Gasteiger partial charge is 0.456 e. The molecule has 3 aliphatic rings. The van der Waals surface area contributed by atoms with E-state index in [1.54, 1.807) is 6.07 Å². The molecule has 0 saturated carbocycles. The molecule has 8 nitrogen and oxygen atoms in total. The molecule has 0 aromatic carbocycles. The third-order valence-electron chi connectivity index (χ3n) is 7.86. The Balaban J connectivity index is 1.16. The van der Waals surface area contributed by atoms with E-state index in [9.17, 15) is 9.59 Å². The lowest BCUT2D eigenvalue weighted by atomic mass is 9.79. The Kier molecular flexibility index (Phi) is 6.77. The van der Waals surface area contributed by atoms with E-state index in [1.165, 1.54) is 0 Å². The van der Waals surface area contributed by atoms with Gasteiger partial charge in [0.25, 0.3) is 5.91 Å². The molecule has 3 fully saturated rings. The number of nitrogens with zero attached hydrogens (tertiary/aromatic N) is 3. The Morgan fingerprint density at radius 2 is 1.97 bits per heavy atom. The van der Waals surface area contributed by atoms with Gasteiger partial charge in [0, 0.05) is 50.6 Å². The molecule has 5 heterocycles. The second-order valence-corrected chi connectivity index (χ2v) is 10.3. The first-order chi connectivity index (χ1) is 16.5. The van der Waals surface area contributed by atoms with Crippen LogP contribution in [0.2, 0.25) is 0 Å². The van der Waals surface area contributed by atoms with Crippen LogP contribution in [0.3, 0.4) is 0 Å². The number of likely N-dealkylation sites (tertiary alicyclic amines) is 2. The average molecular weight is 469 g/mol. The molecule has 1 N–H and O–H groups in total. The SMILES string of the molecule is Cc1noc(C)c1Cc1ccc(C(=O)N2CC3CN[C@H](CCCC(=O)N4CCCC4)C(C3)C2)o1. The Morgan fingerprint density at radius 1 is 1.15 bits per heavy atom. The van der Waals surface area contributed by atoms with Gasteiger partial charge in [-0.2, -0.15) is 0 Å². The fourth-order valence-electron chi connectivity index (χ4n) is 5.94. The maximum atomic E-state index is 13.3. The zero-order chi connectivity index (χ0) is 23.7. The van der Waals surface area contributed by atoms with Crippen molar-refractivity contribution in [3.8, 4) is 0 Å². The molecule has 2 unspecified atom stereocenters. The summed E-state index contributed by atoms with van der Waals surface area (Å²) in [7, 11) is 0.